The Bertz CT molecular complexity index is 225. The van der Waals surface area contributed by atoms with Crippen molar-refractivity contribution in [2.45, 2.75) is 6.18 Å². The summed E-state index contributed by atoms with van der Waals surface area (Å²) >= 11 is 0. The molecular weight excluding hydrogens is 161 g/mol. The van der Waals surface area contributed by atoms with Gasteiger partial charge in [0.05, 0.1) is 0 Å². The minimum atomic E-state index is -4.97. The summed E-state index contributed by atoms with van der Waals surface area (Å²) in [4.78, 5) is 9.99. The summed E-state index contributed by atoms with van der Waals surface area (Å²) in [5.41, 5.74) is -0.632. The summed E-state index contributed by atoms with van der Waals surface area (Å²) in [6, 6.07) is 1.24. The van der Waals surface area contributed by atoms with Crippen LogP contribution in [0.3, 0.4) is 0 Å². The molecule has 6 heteroatoms. The Labute approximate surface area is 60.1 Å². The number of carbonyl (C=O) groups is 1. The first-order valence-electron chi connectivity index (χ1n) is 2.35. The van der Waals surface area contributed by atoms with Gasteiger partial charge in [-0.25, -0.2) is 0 Å². The number of nitrogens with zero attached hydrogens (tertiary/aromatic N) is 1. The van der Waals surface area contributed by atoms with Crippen molar-refractivity contribution in [3.05, 3.63) is 12.3 Å². The number of carbonyl (C=O) groups excluding carboxylic acids is 1. The van der Waals surface area contributed by atoms with Crippen LogP contribution in [0.25, 0.3) is 0 Å². The zero-order chi connectivity index (χ0) is 9.07. The highest BCUT2D eigenvalue weighted by atomic mass is 19.4. The van der Waals surface area contributed by atoms with E-state index in [1.54, 1.807) is 0 Å². The third kappa shape index (κ3) is 3.25. The van der Waals surface area contributed by atoms with Crippen molar-refractivity contribution >= 4 is 5.91 Å². The van der Waals surface area contributed by atoms with Crippen LogP contribution in [0.2, 0.25) is 0 Å². The molecule has 0 aromatic rings. The van der Waals surface area contributed by atoms with Crippen LogP contribution in [0, 0.1) is 11.3 Å². The number of halogens is 3. The monoisotopic (exact) mass is 164 g/mol. The molecule has 0 aromatic carbocycles. The van der Waals surface area contributed by atoms with Crippen molar-refractivity contribution in [3.8, 4) is 6.07 Å². The summed E-state index contributed by atoms with van der Waals surface area (Å²) < 4.78 is 34.1. The number of alkyl halides is 3. The maximum Gasteiger partial charge on any atom is 0.471 e. The Morgan fingerprint density at radius 3 is 2.27 bits per heavy atom. The van der Waals surface area contributed by atoms with E-state index in [-0.39, 0.29) is 0 Å². The number of nitrogens with one attached hydrogen (secondary N) is 1. The van der Waals surface area contributed by atoms with Crippen molar-refractivity contribution in [1.29, 1.82) is 5.26 Å². The van der Waals surface area contributed by atoms with Gasteiger partial charge >= 0.3 is 12.1 Å². The molecular formula is C5H3F3N2O. The predicted octanol–water partition coefficient (Wildman–Crippen LogP) is 0.702. The summed E-state index contributed by atoms with van der Waals surface area (Å²) in [5.74, 6) is -2.19. The standard InChI is InChI=1S/C5H3F3N2O/c1-3(2-9)10-4(11)5(6,7)8/h1H2,(H,10,11). The van der Waals surface area contributed by atoms with Gasteiger partial charge in [0.2, 0.25) is 0 Å². The number of hydrogen-bond acceptors (Lipinski definition) is 2. The average Bonchev–Trinajstić information content (AvgIpc) is 1.85. The zero-order valence-electron chi connectivity index (χ0n) is 5.20. The summed E-state index contributed by atoms with van der Waals surface area (Å²) in [7, 11) is 0. The molecule has 60 valence electrons. The van der Waals surface area contributed by atoms with Crippen LogP contribution in [0.4, 0.5) is 13.2 Å². The van der Waals surface area contributed by atoms with E-state index < -0.39 is 17.8 Å². The first-order chi connectivity index (χ1) is 4.88. The predicted molar refractivity (Wildman–Crippen MR) is 29.0 cm³/mol. The lowest BCUT2D eigenvalue weighted by Crippen LogP contribution is -2.35. The molecule has 0 saturated carbocycles. The highest BCUT2D eigenvalue weighted by molar-refractivity contribution is 5.83. The van der Waals surface area contributed by atoms with Gasteiger partial charge in [-0.1, -0.05) is 6.58 Å². The van der Waals surface area contributed by atoms with Gasteiger partial charge in [-0.2, -0.15) is 18.4 Å². The second kappa shape index (κ2) is 3.05. The molecule has 0 aliphatic carbocycles. The maximum absolute atomic E-state index is 11.4. The van der Waals surface area contributed by atoms with Crippen LogP contribution in [0.5, 0.6) is 0 Å². The summed E-state index contributed by atoms with van der Waals surface area (Å²) in [6.07, 6.45) is -4.97. The van der Waals surface area contributed by atoms with Gasteiger partial charge in [0.15, 0.2) is 0 Å². The van der Waals surface area contributed by atoms with Crippen molar-refractivity contribution < 1.29 is 18.0 Å². The van der Waals surface area contributed by atoms with E-state index in [0.29, 0.717) is 0 Å². The third-order valence-electron chi connectivity index (χ3n) is 0.657. The van der Waals surface area contributed by atoms with E-state index in [0.717, 1.165) is 0 Å². The van der Waals surface area contributed by atoms with Crippen LogP contribution in [0.15, 0.2) is 12.3 Å². The molecule has 0 radical (unpaired) electrons. The molecule has 0 fully saturated rings. The van der Waals surface area contributed by atoms with Crippen molar-refractivity contribution in [2.75, 3.05) is 0 Å². The molecule has 0 bridgehead atoms. The zero-order valence-corrected chi connectivity index (χ0v) is 5.20. The molecule has 11 heavy (non-hydrogen) atoms. The highest BCUT2D eigenvalue weighted by Gasteiger charge is 2.38. The van der Waals surface area contributed by atoms with Crippen LogP contribution >= 0.6 is 0 Å². The molecule has 0 aromatic heterocycles. The minimum absolute atomic E-state index is 0.632. The first-order valence-corrected chi connectivity index (χ1v) is 2.35. The van der Waals surface area contributed by atoms with Crippen molar-refractivity contribution in [2.24, 2.45) is 0 Å². The van der Waals surface area contributed by atoms with Gasteiger partial charge in [0, 0.05) is 0 Å². The lowest BCUT2D eigenvalue weighted by molar-refractivity contribution is -0.172. The number of hydrogen-bond donors (Lipinski definition) is 1. The Hall–Kier alpha value is -1.51. The highest BCUT2D eigenvalue weighted by Crippen LogP contribution is 2.14. The minimum Gasteiger partial charge on any atom is -0.310 e. The Balaban J connectivity index is 4.13. The molecule has 0 spiro atoms. The fourth-order valence-electron chi connectivity index (χ4n) is 0.236. The third-order valence-corrected chi connectivity index (χ3v) is 0.657. The van der Waals surface area contributed by atoms with Gasteiger partial charge in [-0.05, 0) is 0 Å². The molecule has 1 amide bonds. The van der Waals surface area contributed by atoms with Gasteiger partial charge < -0.3 is 5.32 Å². The second-order valence-electron chi connectivity index (χ2n) is 1.54. The first kappa shape index (κ1) is 9.49. The molecule has 0 aliphatic rings. The molecule has 0 heterocycles. The fourth-order valence-corrected chi connectivity index (χ4v) is 0.236. The summed E-state index contributed by atoms with van der Waals surface area (Å²) in [5, 5.41) is 9.17. The molecule has 0 unspecified atom stereocenters. The summed E-state index contributed by atoms with van der Waals surface area (Å²) in [6.45, 7) is 2.83. The number of allylic oxidation sites excluding steroid dienone is 1. The van der Waals surface area contributed by atoms with E-state index in [2.05, 4.69) is 6.58 Å². The lowest BCUT2D eigenvalue weighted by Gasteiger charge is -2.04. The van der Waals surface area contributed by atoms with Crippen LogP contribution in [0.1, 0.15) is 0 Å². The molecule has 3 nitrogen and oxygen atoms in total. The van der Waals surface area contributed by atoms with E-state index in [4.69, 9.17) is 5.26 Å². The van der Waals surface area contributed by atoms with E-state index in [9.17, 15) is 18.0 Å². The molecule has 0 aliphatic heterocycles. The number of amides is 1. The van der Waals surface area contributed by atoms with Crippen molar-refractivity contribution in [1.82, 2.24) is 5.32 Å². The van der Waals surface area contributed by atoms with Gasteiger partial charge in [0.1, 0.15) is 11.8 Å². The lowest BCUT2D eigenvalue weighted by atomic mass is 10.5. The molecule has 1 N–H and O–H groups in total. The van der Waals surface area contributed by atoms with Gasteiger partial charge in [-0.3, -0.25) is 4.79 Å². The van der Waals surface area contributed by atoms with E-state index in [1.807, 2.05) is 0 Å². The Morgan fingerprint density at radius 2 is 2.00 bits per heavy atom. The van der Waals surface area contributed by atoms with E-state index in [1.165, 1.54) is 11.4 Å². The van der Waals surface area contributed by atoms with Crippen LogP contribution in [-0.4, -0.2) is 12.1 Å². The van der Waals surface area contributed by atoms with Gasteiger partial charge in [-0.15, -0.1) is 0 Å². The van der Waals surface area contributed by atoms with Gasteiger partial charge in [0.25, 0.3) is 0 Å². The molecule has 0 saturated heterocycles. The average molecular weight is 164 g/mol. The quantitative estimate of drug-likeness (QED) is 0.580. The Morgan fingerprint density at radius 1 is 1.55 bits per heavy atom. The largest absolute Gasteiger partial charge is 0.471 e. The normalized spacial score (nSPS) is 10.0. The smallest absolute Gasteiger partial charge is 0.310 e. The van der Waals surface area contributed by atoms with E-state index >= 15 is 0 Å². The Kier molecular flexibility index (Phi) is 2.63. The van der Waals surface area contributed by atoms with Crippen LogP contribution in [-0.2, 0) is 4.79 Å². The fraction of sp³-hybridized carbons (Fsp3) is 0.200. The second-order valence-corrected chi connectivity index (χ2v) is 1.54. The maximum atomic E-state index is 11.4. The van der Waals surface area contributed by atoms with Crippen LogP contribution < -0.4 is 5.32 Å². The topological polar surface area (TPSA) is 52.9 Å². The SMILES string of the molecule is C=C(C#N)NC(=O)C(F)(F)F. The molecule has 0 atom stereocenters. The molecule has 0 rings (SSSR count). The van der Waals surface area contributed by atoms with Crippen molar-refractivity contribution in [3.63, 3.8) is 0 Å². The number of rotatable bonds is 1. The number of nitriles is 1.